The number of fused-ring (bicyclic) bond motifs is 2. The largest absolute Gasteiger partial charge is 0.463 e. The lowest BCUT2D eigenvalue weighted by Gasteiger charge is -2.11. The van der Waals surface area contributed by atoms with Crippen LogP contribution in [0.15, 0.2) is 94.2 Å². The quantitative estimate of drug-likeness (QED) is 0.208. The number of benzene rings is 2. The van der Waals surface area contributed by atoms with E-state index in [4.69, 9.17) is 26.0 Å². The highest BCUT2D eigenvalue weighted by molar-refractivity contribution is 5.94. The molecule has 0 spiro atoms. The van der Waals surface area contributed by atoms with Gasteiger partial charge in [0.1, 0.15) is 11.4 Å². The number of nitrogen functional groups attached to an aromatic ring is 2. The maximum atomic E-state index is 12.2. The lowest BCUT2D eigenvalue weighted by Crippen LogP contribution is -2.21. The fraction of sp³-hybridized carbons (Fsp3) is 0.147. The Morgan fingerprint density at radius 1 is 0.686 bits per heavy atom. The number of nitrogens with two attached hydrogens (primary N) is 3. The zero-order chi connectivity index (χ0) is 35.5. The number of furan rings is 2. The van der Waals surface area contributed by atoms with Crippen molar-refractivity contribution in [2.75, 3.05) is 25.6 Å². The minimum atomic E-state index is -0.0630. The SMILES string of the molecule is CN(C)C(=O)c1cccc(Cn2nnc3c(-c4ccco4)nc(N)nc32)c1.NCc1cccc(Cn2nnc3c(-c4ccco4)nc(N)nc32)c1. The van der Waals surface area contributed by atoms with Crippen molar-refractivity contribution in [3.63, 3.8) is 0 Å². The molecular weight excluding hydrogens is 652 g/mol. The summed E-state index contributed by atoms with van der Waals surface area (Å²) in [5, 5.41) is 16.8. The summed E-state index contributed by atoms with van der Waals surface area (Å²) in [6, 6.07) is 22.5. The molecule has 0 fully saturated rings. The molecule has 6 aromatic heterocycles. The molecule has 0 aliphatic rings. The average molecular weight is 685 g/mol. The second-order valence-electron chi connectivity index (χ2n) is 11.6. The van der Waals surface area contributed by atoms with Gasteiger partial charge in [-0.1, -0.05) is 46.8 Å². The van der Waals surface area contributed by atoms with Crippen molar-refractivity contribution in [3.8, 4) is 22.9 Å². The third kappa shape index (κ3) is 6.81. The first kappa shape index (κ1) is 32.5. The summed E-state index contributed by atoms with van der Waals surface area (Å²) >= 11 is 0. The molecule has 51 heavy (non-hydrogen) atoms. The minimum absolute atomic E-state index is 0.0630. The van der Waals surface area contributed by atoms with E-state index < -0.39 is 0 Å². The van der Waals surface area contributed by atoms with Gasteiger partial charge in [0.15, 0.2) is 33.8 Å². The monoisotopic (exact) mass is 684 g/mol. The Labute approximate surface area is 289 Å². The molecule has 0 saturated carbocycles. The van der Waals surface area contributed by atoms with Gasteiger partial charge in [-0.25, -0.2) is 19.3 Å². The van der Waals surface area contributed by atoms with Gasteiger partial charge >= 0.3 is 0 Å². The highest BCUT2D eigenvalue weighted by atomic mass is 16.3. The van der Waals surface area contributed by atoms with Crippen molar-refractivity contribution >= 4 is 40.1 Å². The van der Waals surface area contributed by atoms with Crippen LogP contribution in [-0.4, -0.2) is 74.8 Å². The maximum absolute atomic E-state index is 12.2. The fourth-order valence-electron chi connectivity index (χ4n) is 5.39. The Balaban J connectivity index is 0.000000160. The Kier molecular flexibility index (Phi) is 8.83. The highest BCUT2D eigenvalue weighted by Gasteiger charge is 2.19. The van der Waals surface area contributed by atoms with Gasteiger partial charge in [0.2, 0.25) is 11.9 Å². The molecule has 8 rings (SSSR count). The number of carbonyl (C=O) groups excluding carboxylic acids is 1. The van der Waals surface area contributed by atoms with Crippen molar-refractivity contribution in [1.82, 2.24) is 54.8 Å². The predicted octanol–water partition coefficient (Wildman–Crippen LogP) is 3.38. The van der Waals surface area contributed by atoms with Crippen molar-refractivity contribution in [1.29, 1.82) is 0 Å². The normalized spacial score (nSPS) is 11.1. The molecule has 0 bridgehead atoms. The molecule has 2 aromatic carbocycles. The van der Waals surface area contributed by atoms with Crippen molar-refractivity contribution in [2.24, 2.45) is 5.73 Å². The van der Waals surface area contributed by atoms with Crippen LogP contribution in [0.3, 0.4) is 0 Å². The zero-order valence-electron chi connectivity index (χ0n) is 27.6. The molecular formula is C34H32N14O3. The van der Waals surface area contributed by atoms with E-state index in [0.29, 0.717) is 70.4 Å². The van der Waals surface area contributed by atoms with Gasteiger partial charge in [-0.15, -0.1) is 10.2 Å². The summed E-state index contributed by atoms with van der Waals surface area (Å²) in [5.41, 5.74) is 24.2. The maximum Gasteiger partial charge on any atom is 0.253 e. The first-order chi connectivity index (χ1) is 24.8. The molecule has 17 nitrogen and oxygen atoms in total. The molecule has 0 aliphatic heterocycles. The van der Waals surface area contributed by atoms with E-state index in [1.807, 2.05) is 42.5 Å². The van der Waals surface area contributed by atoms with Gasteiger partial charge in [0.25, 0.3) is 5.91 Å². The molecule has 0 saturated heterocycles. The van der Waals surface area contributed by atoms with Gasteiger partial charge in [-0.2, -0.15) is 9.97 Å². The molecule has 0 aliphatic carbocycles. The molecule has 256 valence electrons. The standard InChI is InChI=1S/C18H17N7O2.C16H15N7O/c1-24(2)17(26)12-6-3-5-11(9-12)10-25-16-15(22-23-25)14(20-18(19)21-16)13-7-4-8-27-13;17-8-10-3-1-4-11(7-10)9-23-15-14(21-22-23)13(19-16(18)20-15)12-5-2-6-24-12/h3-9H,10H2,1-2H3,(H2,19,20,21);1-7H,8-9,17H2,(H2,18,19,20). The van der Waals surface area contributed by atoms with E-state index in [2.05, 4.69) is 40.6 Å². The number of amides is 1. The van der Waals surface area contributed by atoms with Crippen molar-refractivity contribution < 1.29 is 13.6 Å². The van der Waals surface area contributed by atoms with Crippen LogP contribution in [0, 0.1) is 0 Å². The Morgan fingerprint density at radius 3 is 1.69 bits per heavy atom. The molecule has 8 aromatic rings. The third-order valence-electron chi connectivity index (χ3n) is 7.74. The van der Waals surface area contributed by atoms with Gasteiger partial charge in [-0.3, -0.25) is 4.79 Å². The first-order valence-corrected chi connectivity index (χ1v) is 15.7. The minimum Gasteiger partial charge on any atom is -0.463 e. The fourth-order valence-corrected chi connectivity index (χ4v) is 5.39. The summed E-state index contributed by atoms with van der Waals surface area (Å²) < 4.78 is 14.1. The van der Waals surface area contributed by atoms with E-state index in [1.165, 1.54) is 4.90 Å². The summed E-state index contributed by atoms with van der Waals surface area (Å²) in [6.07, 6.45) is 3.12. The number of aromatic nitrogens is 10. The van der Waals surface area contributed by atoms with Crippen LogP contribution in [-0.2, 0) is 19.6 Å². The second-order valence-corrected chi connectivity index (χ2v) is 11.6. The second kappa shape index (κ2) is 13.8. The molecule has 0 radical (unpaired) electrons. The van der Waals surface area contributed by atoms with Gasteiger partial charge in [0.05, 0.1) is 25.6 Å². The predicted molar refractivity (Wildman–Crippen MR) is 187 cm³/mol. The van der Waals surface area contributed by atoms with Gasteiger partial charge < -0.3 is 30.9 Å². The molecule has 6 N–H and O–H groups in total. The molecule has 6 heterocycles. The van der Waals surface area contributed by atoms with Crippen LogP contribution in [0.2, 0.25) is 0 Å². The Bertz CT molecular complexity index is 2450. The van der Waals surface area contributed by atoms with E-state index in [0.717, 1.165) is 16.7 Å². The van der Waals surface area contributed by atoms with Gasteiger partial charge in [0, 0.05) is 26.2 Å². The summed E-state index contributed by atoms with van der Waals surface area (Å²) in [7, 11) is 3.44. The van der Waals surface area contributed by atoms with E-state index in [1.54, 1.807) is 66.3 Å². The van der Waals surface area contributed by atoms with Crippen molar-refractivity contribution in [3.05, 3.63) is 108 Å². The number of hydrogen-bond donors (Lipinski definition) is 3. The number of anilines is 2. The lowest BCUT2D eigenvalue weighted by atomic mass is 10.1. The van der Waals surface area contributed by atoms with Crippen LogP contribution >= 0.6 is 0 Å². The van der Waals surface area contributed by atoms with E-state index in [-0.39, 0.29) is 17.8 Å². The molecule has 0 unspecified atom stereocenters. The topological polar surface area (TPSA) is 238 Å². The third-order valence-corrected chi connectivity index (χ3v) is 7.74. The number of nitrogens with zero attached hydrogens (tertiary/aromatic N) is 11. The smallest absolute Gasteiger partial charge is 0.253 e. The molecule has 1 amide bonds. The van der Waals surface area contributed by atoms with E-state index in [9.17, 15) is 4.79 Å². The van der Waals surface area contributed by atoms with Gasteiger partial charge in [-0.05, 0) is 53.1 Å². The van der Waals surface area contributed by atoms with E-state index >= 15 is 0 Å². The summed E-state index contributed by atoms with van der Waals surface area (Å²) in [5.74, 6) is 1.31. The van der Waals surface area contributed by atoms with Crippen LogP contribution in [0.5, 0.6) is 0 Å². The van der Waals surface area contributed by atoms with Crippen LogP contribution in [0.25, 0.3) is 45.2 Å². The van der Waals surface area contributed by atoms with Crippen LogP contribution in [0.4, 0.5) is 11.9 Å². The average Bonchev–Trinajstić information content (AvgIpc) is 3.97. The molecule has 17 heteroatoms. The molecule has 0 atom stereocenters. The van der Waals surface area contributed by atoms with Crippen LogP contribution < -0.4 is 17.2 Å². The Morgan fingerprint density at radius 2 is 1.20 bits per heavy atom. The Hall–Kier alpha value is -7.01. The number of carbonyl (C=O) groups is 1. The first-order valence-electron chi connectivity index (χ1n) is 15.7. The summed E-state index contributed by atoms with van der Waals surface area (Å²) in [4.78, 5) is 30.7. The lowest BCUT2D eigenvalue weighted by molar-refractivity contribution is 0.0827. The van der Waals surface area contributed by atoms with Crippen molar-refractivity contribution in [2.45, 2.75) is 19.6 Å². The van der Waals surface area contributed by atoms with Crippen LogP contribution in [0.1, 0.15) is 27.0 Å². The number of rotatable bonds is 8. The summed E-state index contributed by atoms with van der Waals surface area (Å²) in [6.45, 7) is 1.39. The zero-order valence-corrected chi connectivity index (χ0v) is 27.6. The number of hydrogen-bond acceptors (Lipinski definition) is 14. The highest BCUT2D eigenvalue weighted by Crippen LogP contribution is 2.27.